The fourth-order valence-electron chi connectivity index (χ4n) is 1.82. The van der Waals surface area contributed by atoms with E-state index >= 15 is 0 Å². The maximum absolute atomic E-state index is 5.71. The van der Waals surface area contributed by atoms with Crippen molar-refractivity contribution in [3.05, 3.63) is 29.8 Å². The molecule has 18 heavy (non-hydrogen) atoms. The van der Waals surface area contributed by atoms with E-state index in [0.29, 0.717) is 0 Å². The summed E-state index contributed by atoms with van der Waals surface area (Å²) in [5.74, 6) is 0.991. The van der Waals surface area contributed by atoms with Crippen LogP contribution in [0.15, 0.2) is 24.3 Å². The van der Waals surface area contributed by atoms with Gasteiger partial charge < -0.3 is 10.1 Å². The van der Waals surface area contributed by atoms with Crippen LogP contribution in [-0.4, -0.2) is 19.7 Å². The van der Waals surface area contributed by atoms with Crippen molar-refractivity contribution in [3.8, 4) is 5.75 Å². The van der Waals surface area contributed by atoms with Crippen molar-refractivity contribution in [2.45, 2.75) is 46.0 Å². The molecular weight excluding hydrogens is 222 g/mol. The molecule has 0 spiro atoms. The van der Waals surface area contributed by atoms with E-state index in [2.05, 4.69) is 43.4 Å². The first-order chi connectivity index (χ1) is 8.86. The van der Waals surface area contributed by atoms with Gasteiger partial charge in [-0.05, 0) is 56.5 Å². The van der Waals surface area contributed by atoms with Crippen LogP contribution in [0, 0.1) is 0 Å². The monoisotopic (exact) mass is 249 g/mol. The van der Waals surface area contributed by atoms with Gasteiger partial charge in [-0.15, -0.1) is 0 Å². The first kappa shape index (κ1) is 15.0. The Kier molecular flexibility index (Phi) is 8.32. The predicted molar refractivity (Wildman–Crippen MR) is 78.3 cm³/mol. The Morgan fingerprint density at radius 1 is 0.944 bits per heavy atom. The van der Waals surface area contributed by atoms with E-state index < -0.39 is 0 Å². The zero-order valence-electron chi connectivity index (χ0n) is 11.9. The number of nitrogens with one attached hydrogen (secondary N) is 1. The number of ether oxygens (including phenoxy) is 1. The van der Waals surface area contributed by atoms with Crippen LogP contribution in [0.5, 0.6) is 5.75 Å². The third kappa shape index (κ3) is 6.65. The Morgan fingerprint density at radius 2 is 1.72 bits per heavy atom. The molecule has 0 aromatic heterocycles. The molecule has 2 nitrogen and oxygen atoms in total. The Bertz CT molecular complexity index is 294. The number of aryl methyl sites for hydroxylation is 1. The van der Waals surface area contributed by atoms with Gasteiger partial charge in [-0.2, -0.15) is 0 Å². The average molecular weight is 249 g/mol. The predicted octanol–water partition coefficient (Wildman–Crippen LogP) is 3.80. The standard InChI is InChI=1S/C16H27NO/c1-3-5-7-15-8-10-16(11-9-15)18-14-6-13-17-12-4-2/h8-11,17H,3-7,12-14H2,1-2H3. The lowest BCUT2D eigenvalue weighted by Crippen LogP contribution is -2.18. The molecule has 0 bridgehead atoms. The van der Waals surface area contributed by atoms with E-state index in [1.165, 1.54) is 31.2 Å². The molecule has 2 heteroatoms. The molecule has 0 heterocycles. The summed E-state index contributed by atoms with van der Waals surface area (Å²) >= 11 is 0. The molecule has 1 aromatic rings. The number of benzene rings is 1. The van der Waals surface area contributed by atoms with E-state index in [4.69, 9.17) is 4.74 Å². The van der Waals surface area contributed by atoms with E-state index in [9.17, 15) is 0 Å². The first-order valence-electron chi connectivity index (χ1n) is 7.29. The summed E-state index contributed by atoms with van der Waals surface area (Å²) in [6.07, 6.45) is 5.96. The average Bonchev–Trinajstić information content (AvgIpc) is 2.42. The van der Waals surface area contributed by atoms with Crippen molar-refractivity contribution in [2.24, 2.45) is 0 Å². The van der Waals surface area contributed by atoms with Crippen LogP contribution < -0.4 is 10.1 Å². The highest BCUT2D eigenvalue weighted by atomic mass is 16.5. The molecule has 102 valence electrons. The van der Waals surface area contributed by atoms with E-state index in [0.717, 1.165) is 31.9 Å². The second-order valence-corrected chi connectivity index (χ2v) is 4.70. The molecule has 1 N–H and O–H groups in total. The molecule has 0 amide bonds. The van der Waals surface area contributed by atoms with Gasteiger partial charge >= 0.3 is 0 Å². The van der Waals surface area contributed by atoms with E-state index in [1.807, 2.05) is 0 Å². The number of rotatable bonds is 10. The van der Waals surface area contributed by atoms with Crippen molar-refractivity contribution >= 4 is 0 Å². The summed E-state index contributed by atoms with van der Waals surface area (Å²) in [5.41, 5.74) is 1.41. The molecule has 1 aromatic carbocycles. The Balaban J connectivity index is 2.14. The number of hydrogen-bond donors (Lipinski definition) is 1. The zero-order valence-corrected chi connectivity index (χ0v) is 11.9. The van der Waals surface area contributed by atoms with E-state index in [-0.39, 0.29) is 0 Å². The van der Waals surface area contributed by atoms with Gasteiger partial charge in [0.15, 0.2) is 0 Å². The minimum absolute atomic E-state index is 0.797. The molecule has 0 atom stereocenters. The van der Waals surface area contributed by atoms with Crippen molar-refractivity contribution in [2.75, 3.05) is 19.7 Å². The van der Waals surface area contributed by atoms with E-state index in [1.54, 1.807) is 0 Å². The first-order valence-corrected chi connectivity index (χ1v) is 7.29. The fourth-order valence-corrected chi connectivity index (χ4v) is 1.82. The van der Waals surface area contributed by atoms with Gasteiger partial charge in [0.25, 0.3) is 0 Å². The van der Waals surface area contributed by atoms with Crippen LogP contribution in [0.4, 0.5) is 0 Å². The summed E-state index contributed by atoms with van der Waals surface area (Å²) in [4.78, 5) is 0. The van der Waals surface area contributed by atoms with Gasteiger partial charge in [0, 0.05) is 0 Å². The lowest BCUT2D eigenvalue weighted by molar-refractivity contribution is 0.308. The van der Waals surface area contributed by atoms with Crippen molar-refractivity contribution in [1.29, 1.82) is 0 Å². The smallest absolute Gasteiger partial charge is 0.119 e. The highest BCUT2D eigenvalue weighted by Gasteiger charge is 1.95. The minimum atomic E-state index is 0.797. The third-order valence-corrected chi connectivity index (χ3v) is 2.94. The van der Waals surface area contributed by atoms with Crippen molar-refractivity contribution < 1.29 is 4.74 Å². The lowest BCUT2D eigenvalue weighted by Gasteiger charge is -2.07. The van der Waals surface area contributed by atoms with Crippen LogP contribution in [0.1, 0.15) is 45.1 Å². The van der Waals surface area contributed by atoms with Crippen LogP contribution in [0.2, 0.25) is 0 Å². The molecule has 1 rings (SSSR count). The zero-order chi connectivity index (χ0) is 13.1. The Labute approximate surface area is 112 Å². The van der Waals surface area contributed by atoms with Gasteiger partial charge in [-0.25, -0.2) is 0 Å². The maximum atomic E-state index is 5.71. The molecule has 0 radical (unpaired) electrons. The number of hydrogen-bond acceptors (Lipinski definition) is 2. The summed E-state index contributed by atoms with van der Waals surface area (Å²) in [6.45, 7) is 7.35. The van der Waals surface area contributed by atoms with Gasteiger partial charge in [-0.1, -0.05) is 32.4 Å². The molecule has 0 fully saturated rings. The molecule has 0 aliphatic heterocycles. The lowest BCUT2D eigenvalue weighted by atomic mass is 10.1. The molecule has 0 unspecified atom stereocenters. The number of unbranched alkanes of at least 4 members (excludes halogenated alkanes) is 1. The van der Waals surface area contributed by atoms with Crippen LogP contribution in [-0.2, 0) is 6.42 Å². The van der Waals surface area contributed by atoms with Crippen LogP contribution in [0.25, 0.3) is 0 Å². The fraction of sp³-hybridized carbons (Fsp3) is 0.625. The molecule has 0 saturated carbocycles. The molecular formula is C16H27NO. The quantitative estimate of drug-likeness (QED) is 0.637. The summed E-state index contributed by atoms with van der Waals surface area (Å²) in [6, 6.07) is 8.54. The van der Waals surface area contributed by atoms with Crippen molar-refractivity contribution in [1.82, 2.24) is 5.32 Å². The second kappa shape index (κ2) is 9.95. The topological polar surface area (TPSA) is 21.3 Å². The van der Waals surface area contributed by atoms with Crippen molar-refractivity contribution in [3.63, 3.8) is 0 Å². The van der Waals surface area contributed by atoms with Gasteiger partial charge in [0.1, 0.15) is 5.75 Å². The molecule has 0 aliphatic rings. The maximum Gasteiger partial charge on any atom is 0.119 e. The molecule has 0 aliphatic carbocycles. The Morgan fingerprint density at radius 3 is 2.39 bits per heavy atom. The van der Waals surface area contributed by atoms with Gasteiger partial charge in [0.05, 0.1) is 6.61 Å². The highest BCUT2D eigenvalue weighted by molar-refractivity contribution is 5.27. The second-order valence-electron chi connectivity index (χ2n) is 4.70. The molecule has 0 saturated heterocycles. The Hall–Kier alpha value is -1.02. The summed E-state index contributed by atoms with van der Waals surface area (Å²) < 4.78 is 5.71. The summed E-state index contributed by atoms with van der Waals surface area (Å²) in [7, 11) is 0. The van der Waals surface area contributed by atoms with Gasteiger partial charge in [0.2, 0.25) is 0 Å². The minimum Gasteiger partial charge on any atom is -0.494 e. The largest absolute Gasteiger partial charge is 0.494 e. The van der Waals surface area contributed by atoms with Crippen LogP contribution >= 0.6 is 0 Å². The summed E-state index contributed by atoms with van der Waals surface area (Å²) in [5, 5.41) is 3.37. The SMILES string of the molecule is CCCCc1ccc(OCCCNCCC)cc1. The highest BCUT2D eigenvalue weighted by Crippen LogP contribution is 2.13. The normalized spacial score (nSPS) is 10.6. The third-order valence-electron chi connectivity index (χ3n) is 2.94. The van der Waals surface area contributed by atoms with Gasteiger partial charge in [-0.3, -0.25) is 0 Å². The van der Waals surface area contributed by atoms with Crippen LogP contribution in [0.3, 0.4) is 0 Å².